The molecular formula is C18H26F2N2O. The molecule has 1 aromatic rings. The molecule has 0 aliphatic carbocycles. The van der Waals surface area contributed by atoms with Crippen LogP contribution in [0.3, 0.4) is 0 Å². The van der Waals surface area contributed by atoms with Gasteiger partial charge in [-0.05, 0) is 63.0 Å². The maximum atomic E-state index is 13.3. The lowest BCUT2D eigenvalue weighted by atomic mass is 10.00. The Labute approximate surface area is 136 Å². The molecule has 3 rings (SSSR count). The van der Waals surface area contributed by atoms with Gasteiger partial charge in [-0.1, -0.05) is 12.5 Å². The fourth-order valence-corrected chi connectivity index (χ4v) is 3.85. The summed E-state index contributed by atoms with van der Waals surface area (Å²) in [6, 6.07) is 4.23. The van der Waals surface area contributed by atoms with Gasteiger partial charge in [0.1, 0.15) is 0 Å². The molecule has 23 heavy (non-hydrogen) atoms. The quantitative estimate of drug-likeness (QED) is 0.922. The molecule has 3 nitrogen and oxygen atoms in total. The summed E-state index contributed by atoms with van der Waals surface area (Å²) in [5.41, 5.74) is 0.448. The highest BCUT2D eigenvalue weighted by Gasteiger charge is 2.27. The number of nitrogens with zero attached hydrogens (tertiary/aromatic N) is 2. The van der Waals surface area contributed by atoms with Gasteiger partial charge in [0.05, 0.1) is 6.10 Å². The van der Waals surface area contributed by atoms with Crippen molar-refractivity contribution in [2.45, 2.75) is 44.2 Å². The molecule has 0 unspecified atom stereocenters. The van der Waals surface area contributed by atoms with E-state index >= 15 is 0 Å². The molecular weight excluding hydrogens is 298 g/mol. The van der Waals surface area contributed by atoms with Crippen LogP contribution in [0.2, 0.25) is 0 Å². The van der Waals surface area contributed by atoms with Gasteiger partial charge in [0.25, 0.3) is 0 Å². The van der Waals surface area contributed by atoms with E-state index in [1.54, 1.807) is 0 Å². The van der Waals surface area contributed by atoms with Crippen molar-refractivity contribution in [2.75, 3.05) is 32.7 Å². The van der Waals surface area contributed by atoms with E-state index in [0.29, 0.717) is 18.2 Å². The minimum Gasteiger partial charge on any atom is -0.387 e. The Bertz CT molecular complexity index is 520. The van der Waals surface area contributed by atoms with Crippen LogP contribution in [-0.4, -0.2) is 53.7 Å². The van der Waals surface area contributed by atoms with Gasteiger partial charge in [0.2, 0.25) is 0 Å². The maximum absolute atomic E-state index is 13.3. The third kappa shape index (κ3) is 4.28. The van der Waals surface area contributed by atoms with Gasteiger partial charge in [-0.15, -0.1) is 0 Å². The lowest BCUT2D eigenvalue weighted by Gasteiger charge is -2.41. The number of hydrogen-bond acceptors (Lipinski definition) is 3. The first-order valence-electron chi connectivity index (χ1n) is 8.73. The number of β-amino-alcohol motifs (C(OH)–C–C–N with tert-alkyl or cyclic N) is 1. The Morgan fingerprint density at radius 1 is 1.04 bits per heavy atom. The summed E-state index contributed by atoms with van der Waals surface area (Å²) in [6.07, 6.45) is 5.48. The Morgan fingerprint density at radius 3 is 2.57 bits per heavy atom. The molecule has 2 fully saturated rings. The van der Waals surface area contributed by atoms with E-state index in [1.807, 2.05) is 0 Å². The first-order valence-corrected chi connectivity index (χ1v) is 8.73. The number of aliphatic hydroxyl groups is 1. The highest BCUT2D eigenvalue weighted by Crippen LogP contribution is 2.23. The molecule has 0 saturated carbocycles. The Kier molecular flexibility index (Phi) is 5.62. The predicted molar refractivity (Wildman–Crippen MR) is 86.2 cm³/mol. The minimum absolute atomic E-state index is 0.448. The first-order chi connectivity index (χ1) is 11.1. The van der Waals surface area contributed by atoms with Gasteiger partial charge in [0.15, 0.2) is 11.6 Å². The highest BCUT2D eigenvalue weighted by atomic mass is 19.2. The second-order valence-corrected chi connectivity index (χ2v) is 6.84. The topological polar surface area (TPSA) is 26.7 Å². The summed E-state index contributed by atoms with van der Waals surface area (Å²) in [4.78, 5) is 4.84. The van der Waals surface area contributed by atoms with Crippen molar-refractivity contribution in [2.24, 2.45) is 0 Å². The predicted octanol–water partition coefficient (Wildman–Crippen LogP) is 2.95. The fourth-order valence-electron chi connectivity index (χ4n) is 3.85. The van der Waals surface area contributed by atoms with Crippen LogP contribution in [0.25, 0.3) is 0 Å². The molecule has 2 atom stereocenters. The van der Waals surface area contributed by atoms with Crippen LogP contribution in [0.1, 0.15) is 43.8 Å². The third-order valence-corrected chi connectivity index (χ3v) is 5.15. The maximum Gasteiger partial charge on any atom is 0.159 e. The van der Waals surface area contributed by atoms with Gasteiger partial charge in [-0.2, -0.15) is 0 Å². The van der Waals surface area contributed by atoms with Gasteiger partial charge in [0, 0.05) is 19.1 Å². The van der Waals surface area contributed by atoms with Crippen LogP contribution >= 0.6 is 0 Å². The van der Waals surface area contributed by atoms with E-state index in [-0.39, 0.29) is 0 Å². The lowest BCUT2D eigenvalue weighted by Crippen LogP contribution is -2.50. The third-order valence-electron chi connectivity index (χ3n) is 5.15. The molecule has 1 N–H and O–H groups in total. The van der Waals surface area contributed by atoms with E-state index in [1.165, 1.54) is 44.8 Å². The average Bonchev–Trinajstić information content (AvgIpc) is 2.58. The van der Waals surface area contributed by atoms with E-state index < -0.39 is 17.7 Å². The van der Waals surface area contributed by atoms with E-state index in [4.69, 9.17) is 0 Å². The molecule has 5 heteroatoms. The smallest absolute Gasteiger partial charge is 0.159 e. The van der Waals surface area contributed by atoms with Crippen LogP contribution in [0.5, 0.6) is 0 Å². The van der Waals surface area contributed by atoms with Gasteiger partial charge >= 0.3 is 0 Å². The molecule has 128 valence electrons. The second-order valence-electron chi connectivity index (χ2n) is 6.84. The monoisotopic (exact) mass is 324 g/mol. The molecule has 0 aromatic heterocycles. The summed E-state index contributed by atoms with van der Waals surface area (Å²) in [5, 5.41) is 10.3. The largest absolute Gasteiger partial charge is 0.387 e. The van der Waals surface area contributed by atoms with Crippen LogP contribution < -0.4 is 0 Å². The van der Waals surface area contributed by atoms with Crippen molar-refractivity contribution in [3.63, 3.8) is 0 Å². The molecule has 2 heterocycles. The van der Waals surface area contributed by atoms with Gasteiger partial charge in [-0.3, -0.25) is 9.80 Å². The minimum atomic E-state index is -0.897. The normalized spacial score (nSPS) is 25.4. The van der Waals surface area contributed by atoms with Crippen molar-refractivity contribution in [1.82, 2.24) is 9.80 Å². The van der Waals surface area contributed by atoms with Crippen molar-refractivity contribution in [3.05, 3.63) is 35.4 Å². The number of likely N-dealkylation sites (tertiary alicyclic amines) is 2. The lowest BCUT2D eigenvalue weighted by molar-refractivity contribution is 0.0499. The molecule has 0 spiro atoms. The summed E-state index contributed by atoms with van der Waals surface area (Å²) < 4.78 is 26.3. The van der Waals surface area contributed by atoms with Crippen LogP contribution in [0.15, 0.2) is 18.2 Å². The average molecular weight is 324 g/mol. The zero-order valence-corrected chi connectivity index (χ0v) is 13.6. The SMILES string of the molecule is O[C@@H](CN1CCC[C@H](N2CCCCC2)C1)c1ccc(F)c(F)c1. The number of aliphatic hydroxyl groups excluding tert-OH is 1. The fraction of sp³-hybridized carbons (Fsp3) is 0.667. The number of rotatable bonds is 4. The van der Waals surface area contributed by atoms with Crippen molar-refractivity contribution >= 4 is 0 Å². The first kappa shape index (κ1) is 16.8. The number of hydrogen-bond donors (Lipinski definition) is 1. The van der Waals surface area contributed by atoms with E-state index in [9.17, 15) is 13.9 Å². The van der Waals surface area contributed by atoms with Gasteiger partial charge in [-0.25, -0.2) is 8.78 Å². The Hall–Kier alpha value is -1.04. The second kappa shape index (κ2) is 7.69. The van der Waals surface area contributed by atoms with Crippen molar-refractivity contribution < 1.29 is 13.9 Å². The standard InChI is InChI=1S/C18H26F2N2O/c19-16-7-6-14(11-17(16)20)18(23)13-21-8-4-5-15(12-21)22-9-2-1-3-10-22/h6-7,11,15,18,23H,1-5,8-10,12-13H2/t15-,18-/m0/s1. The Morgan fingerprint density at radius 2 is 1.83 bits per heavy atom. The summed E-state index contributed by atoms with van der Waals surface area (Å²) in [7, 11) is 0. The zero-order chi connectivity index (χ0) is 16.2. The molecule has 0 radical (unpaired) electrons. The zero-order valence-electron chi connectivity index (χ0n) is 13.6. The highest BCUT2D eigenvalue weighted by molar-refractivity contribution is 5.20. The molecule has 2 aliphatic rings. The summed E-state index contributed by atoms with van der Waals surface area (Å²) in [5.74, 6) is -1.77. The molecule has 2 saturated heterocycles. The molecule has 0 bridgehead atoms. The summed E-state index contributed by atoms with van der Waals surface area (Å²) in [6.45, 7) is 4.77. The number of piperidine rings is 2. The number of benzene rings is 1. The van der Waals surface area contributed by atoms with E-state index in [2.05, 4.69) is 9.80 Å². The summed E-state index contributed by atoms with van der Waals surface area (Å²) >= 11 is 0. The Balaban J connectivity index is 1.57. The molecule has 2 aliphatic heterocycles. The van der Waals surface area contributed by atoms with Crippen LogP contribution in [-0.2, 0) is 0 Å². The number of halogens is 2. The molecule has 1 aromatic carbocycles. The van der Waals surface area contributed by atoms with Gasteiger partial charge < -0.3 is 5.11 Å². The van der Waals surface area contributed by atoms with Crippen LogP contribution in [0.4, 0.5) is 8.78 Å². The molecule has 0 amide bonds. The van der Waals surface area contributed by atoms with Crippen LogP contribution in [0, 0.1) is 11.6 Å². The van der Waals surface area contributed by atoms with E-state index in [0.717, 1.165) is 31.6 Å². The van der Waals surface area contributed by atoms with Crippen molar-refractivity contribution in [1.29, 1.82) is 0 Å². The van der Waals surface area contributed by atoms with Crippen molar-refractivity contribution in [3.8, 4) is 0 Å².